The number of hydrogen-bond acceptors (Lipinski definition) is 6. The molecule has 20 rings (SSSR count). The van der Waals surface area contributed by atoms with Crippen LogP contribution in [0.15, 0.2) is 336 Å². The predicted molar refractivity (Wildman–Crippen MR) is 475 cm³/mol. The molecule has 2 aliphatic rings. The van der Waals surface area contributed by atoms with Crippen LogP contribution >= 0.6 is 0 Å². The van der Waals surface area contributed by atoms with E-state index < -0.39 is 0 Å². The molecule has 6 nitrogen and oxygen atoms in total. The van der Waals surface area contributed by atoms with E-state index in [1.54, 1.807) is 0 Å². The van der Waals surface area contributed by atoms with E-state index in [1.807, 2.05) is 0 Å². The lowest BCUT2D eigenvalue weighted by molar-refractivity contribution is 0.443. The van der Waals surface area contributed by atoms with Crippen LogP contribution in [-0.4, -0.2) is 0 Å². The molecule has 2 heterocycles. The Bertz CT molecular complexity index is 6490. The van der Waals surface area contributed by atoms with E-state index in [0.717, 1.165) is 166 Å². The molecule has 0 atom stereocenters. The van der Waals surface area contributed by atoms with Gasteiger partial charge in [-0.3, -0.25) is 0 Å². The minimum Gasteiger partial charge on any atom is -0.455 e. The van der Waals surface area contributed by atoms with Gasteiger partial charge in [0.05, 0.1) is 22.7 Å². The highest BCUT2D eigenvalue weighted by Gasteiger charge is 2.29. The first kappa shape index (κ1) is 68.6. The van der Waals surface area contributed by atoms with Gasteiger partial charge in [0.1, 0.15) is 22.3 Å². The number of hydrogen-bond donors (Lipinski definition) is 0. The molecule has 0 unspecified atom stereocenters. The van der Waals surface area contributed by atoms with Crippen LogP contribution in [0.4, 0.5) is 68.2 Å². The molecule has 2 fully saturated rings. The van der Waals surface area contributed by atoms with Crippen molar-refractivity contribution in [2.75, 3.05) is 19.6 Å². The standard InChI is InChI=1S/C106H90N4O2/c1-69(2)71-41-53-81(54-42-71)107(79-29-13-7-14-30-79)97-65-95-104-92-38-22-18-34-88(92)100(68-102(104)112-105(95)93-39-23-19-35-89(93)97)110(82-55-43-72(44-56-82)70(3)4)86-63-51-78(52-64-86)77-49-61-85(62-50-77)109(84-59-47-76(48-60-84)74-27-11-6-12-28-74)98-66-96-103-91-37-21-17-33-87(91)99(67-101(103)111-106(96)94-40-24-20-36-90(94)98)108(80-31-15-8-16-32-80)83-57-45-75(46-58-83)73-25-9-5-10-26-73/h7-8,13-24,29-70,73-74H,5-6,9-12,25-28H2,1-4H3. The highest BCUT2D eigenvalue weighted by Crippen LogP contribution is 2.53. The Morgan fingerprint density at radius 3 is 0.821 bits per heavy atom. The minimum atomic E-state index is 0.379. The monoisotopic (exact) mass is 1450 g/mol. The normalized spacial score (nSPS) is 13.8. The summed E-state index contributed by atoms with van der Waals surface area (Å²) in [4.78, 5) is 9.75. The molecular weight excluding hydrogens is 1360 g/mol. The predicted octanol–water partition coefficient (Wildman–Crippen LogP) is 32.0. The molecule has 18 aromatic rings. The number of fused-ring (bicyclic) bond motifs is 14. The summed E-state index contributed by atoms with van der Waals surface area (Å²) >= 11 is 0. The second-order valence-corrected chi connectivity index (χ2v) is 31.9. The highest BCUT2D eigenvalue weighted by atomic mass is 16.3. The molecule has 112 heavy (non-hydrogen) atoms. The number of rotatable bonds is 17. The number of para-hydroxylation sites is 2. The van der Waals surface area contributed by atoms with Gasteiger partial charge in [0.15, 0.2) is 0 Å². The lowest BCUT2D eigenvalue weighted by atomic mass is 9.84. The van der Waals surface area contributed by atoms with Crippen LogP contribution in [0.2, 0.25) is 0 Å². The fourth-order valence-corrected chi connectivity index (χ4v) is 18.7. The van der Waals surface area contributed by atoms with Crippen LogP contribution in [0, 0.1) is 0 Å². The van der Waals surface area contributed by atoms with Gasteiger partial charge in [0.2, 0.25) is 0 Å². The van der Waals surface area contributed by atoms with E-state index in [2.05, 4.69) is 375 Å². The Hall–Kier alpha value is -12.6. The molecule has 6 heteroatoms. The molecule has 16 aromatic carbocycles. The minimum absolute atomic E-state index is 0.379. The van der Waals surface area contributed by atoms with E-state index in [4.69, 9.17) is 8.83 Å². The maximum absolute atomic E-state index is 7.36. The van der Waals surface area contributed by atoms with Crippen LogP contribution < -0.4 is 19.6 Å². The Morgan fingerprint density at radius 1 is 0.241 bits per heavy atom. The summed E-state index contributed by atoms with van der Waals surface area (Å²) in [6.07, 6.45) is 12.9. The fraction of sp³-hybridized carbons (Fsp3) is 0.170. The average molecular weight is 1450 g/mol. The van der Waals surface area contributed by atoms with E-state index in [0.29, 0.717) is 23.7 Å². The molecule has 0 N–H and O–H groups in total. The van der Waals surface area contributed by atoms with Gasteiger partial charge in [-0.1, -0.05) is 272 Å². The molecule has 0 saturated heterocycles. The van der Waals surface area contributed by atoms with Crippen molar-refractivity contribution >= 4 is 155 Å². The molecule has 0 amide bonds. The third-order valence-electron chi connectivity index (χ3n) is 24.6. The van der Waals surface area contributed by atoms with E-state index in [1.165, 1.54) is 86.5 Å². The lowest BCUT2D eigenvalue weighted by Crippen LogP contribution is -2.11. The Labute approximate surface area is 656 Å². The van der Waals surface area contributed by atoms with Crippen molar-refractivity contribution in [3.05, 3.63) is 350 Å². The van der Waals surface area contributed by atoms with Crippen LogP contribution in [-0.2, 0) is 0 Å². The number of nitrogens with zero attached hydrogens (tertiary/aromatic N) is 4. The maximum Gasteiger partial charge on any atom is 0.143 e. The van der Waals surface area contributed by atoms with Crippen molar-refractivity contribution < 1.29 is 8.83 Å². The molecule has 546 valence electrons. The summed E-state index contributed by atoms with van der Waals surface area (Å²) in [5, 5.41) is 13.3. The van der Waals surface area contributed by atoms with Crippen LogP contribution in [0.25, 0.3) is 98.1 Å². The maximum atomic E-state index is 7.36. The first-order chi connectivity index (χ1) is 55.2. The molecular formula is C106H90N4O2. The van der Waals surface area contributed by atoms with Gasteiger partial charge in [-0.2, -0.15) is 0 Å². The van der Waals surface area contributed by atoms with Crippen LogP contribution in [0.1, 0.15) is 138 Å². The zero-order valence-electron chi connectivity index (χ0n) is 64.2. The molecule has 0 bridgehead atoms. The van der Waals surface area contributed by atoms with Gasteiger partial charge < -0.3 is 28.4 Å². The summed E-state index contributed by atoms with van der Waals surface area (Å²) in [5.41, 5.74) is 24.2. The van der Waals surface area contributed by atoms with Gasteiger partial charge in [-0.15, -0.1) is 0 Å². The quantitative estimate of drug-likeness (QED) is 0.0905. The zero-order valence-corrected chi connectivity index (χ0v) is 64.2. The fourth-order valence-electron chi connectivity index (χ4n) is 18.7. The zero-order chi connectivity index (χ0) is 74.9. The molecule has 2 aliphatic carbocycles. The number of furan rings is 2. The van der Waals surface area contributed by atoms with Crippen molar-refractivity contribution in [2.24, 2.45) is 0 Å². The first-order valence-corrected chi connectivity index (χ1v) is 40.7. The van der Waals surface area contributed by atoms with Gasteiger partial charge in [0, 0.05) is 111 Å². The van der Waals surface area contributed by atoms with E-state index >= 15 is 0 Å². The second-order valence-electron chi connectivity index (χ2n) is 31.9. The highest BCUT2D eigenvalue weighted by molar-refractivity contribution is 6.29. The summed E-state index contributed by atoms with van der Waals surface area (Å²) in [7, 11) is 0. The average Bonchev–Trinajstić information content (AvgIpc) is 1.54. The number of anilines is 12. The van der Waals surface area contributed by atoms with Crippen molar-refractivity contribution in [3.63, 3.8) is 0 Å². The Kier molecular flexibility index (Phi) is 17.8. The molecule has 2 saturated carbocycles. The topological polar surface area (TPSA) is 39.2 Å². The largest absolute Gasteiger partial charge is 0.455 e. The number of benzene rings is 16. The molecule has 0 spiro atoms. The Balaban J connectivity index is 0.699. The third-order valence-corrected chi connectivity index (χ3v) is 24.6. The van der Waals surface area contributed by atoms with Crippen molar-refractivity contribution in [2.45, 2.75) is 116 Å². The molecule has 0 aliphatic heterocycles. The van der Waals surface area contributed by atoms with E-state index in [-0.39, 0.29) is 0 Å². The van der Waals surface area contributed by atoms with Gasteiger partial charge in [-0.25, -0.2) is 0 Å². The van der Waals surface area contributed by atoms with Crippen molar-refractivity contribution in [1.29, 1.82) is 0 Å². The van der Waals surface area contributed by atoms with E-state index in [9.17, 15) is 0 Å². The van der Waals surface area contributed by atoms with Gasteiger partial charge in [0.25, 0.3) is 0 Å². The van der Waals surface area contributed by atoms with Gasteiger partial charge >= 0.3 is 0 Å². The summed E-state index contributed by atoms with van der Waals surface area (Å²) in [6, 6.07) is 122. The first-order valence-electron chi connectivity index (χ1n) is 40.7. The lowest BCUT2D eigenvalue weighted by Gasteiger charge is -2.29. The third kappa shape index (κ3) is 12.3. The van der Waals surface area contributed by atoms with Crippen molar-refractivity contribution in [3.8, 4) is 11.1 Å². The smallest absolute Gasteiger partial charge is 0.143 e. The summed E-state index contributed by atoms with van der Waals surface area (Å²) < 4.78 is 14.7. The van der Waals surface area contributed by atoms with Crippen molar-refractivity contribution in [1.82, 2.24) is 0 Å². The molecule has 0 radical (unpaired) electrons. The van der Waals surface area contributed by atoms with Gasteiger partial charge in [-0.05, 0) is 203 Å². The molecule has 2 aromatic heterocycles. The Morgan fingerprint density at radius 2 is 0.500 bits per heavy atom. The SMILES string of the molecule is CC(C)c1ccc(N(c2ccccc2)c2cc3c(oc4cc(N(c5ccc(-c6ccc(N(c7ccc(C8CCCCC8)cc7)c7cc8c(oc9cc(N(c%10ccccc%10)c%10ccc(C%11CCCCC%11)cc%10)c%10ccccc%10c98)c8ccccc78)cc6)cc5)c5ccc(C(C)C)cc5)c5ccccc5c43)c3ccccc23)cc1. The summed E-state index contributed by atoms with van der Waals surface area (Å²) in [5.74, 6) is 2.00. The van der Waals surface area contributed by atoms with Crippen LogP contribution in [0.5, 0.6) is 0 Å². The van der Waals surface area contributed by atoms with Crippen LogP contribution in [0.3, 0.4) is 0 Å². The summed E-state index contributed by atoms with van der Waals surface area (Å²) in [6.45, 7) is 9.04. The second kappa shape index (κ2) is 29.0.